The molecule has 0 aliphatic carbocycles. The van der Waals surface area contributed by atoms with Gasteiger partial charge in [0.05, 0.1) is 5.92 Å². The van der Waals surface area contributed by atoms with Crippen LogP contribution in [-0.2, 0) is 4.79 Å². The van der Waals surface area contributed by atoms with Crippen molar-refractivity contribution in [3.05, 3.63) is 130 Å². The average Bonchev–Trinajstić information content (AvgIpc) is 3.11. The summed E-state index contributed by atoms with van der Waals surface area (Å²) < 4.78 is 5.81. The molecule has 0 radical (unpaired) electrons. The first-order valence-electron chi connectivity index (χ1n) is 19.8. The molecule has 0 heterocycles. The van der Waals surface area contributed by atoms with Crippen LogP contribution in [0.15, 0.2) is 97.1 Å². The van der Waals surface area contributed by atoms with Crippen LogP contribution >= 0.6 is 0 Å². The lowest BCUT2D eigenvalue weighted by Crippen LogP contribution is -2.38. The van der Waals surface area contributed by atoms with E-state index < -0.39 is 0 Å². The van der Waals surface area contributed by atoms with Crippen LogP contribution in [0, 0.1) is 19.8 Å². The maximum atomic E-state index is 12.3. The third kappa shape index (κ3) is 13.2. The predicted molar refractivity (Wildman–Crippen MR) is 224 cm³/mol. The molecular weight excluding hydrogens is 653 g/mol. The minimum absolute atomic E-state index is 0.156. The zero-order valence-corrected chi connectivity index (χ0v) is 34.8. The average molecular weight is 721 g/mol. The Hall–Kier alpha value is -3.93. The highest BCUT2D eigenvalue weighted by Crippen LogP contribution is 2.37. The summed E-state index contributed by atoms with van der Waals surface area (Å²) in [5.41, 5.74) is 7.02. The smallest absolute Gasteiger partial charge is 0.313 e. The van der Waals surface area contributed by atoms with E-state index in [0.717, 1.165) is 37.1 Å². The Bertz CT molecular complexity index is 1650. The van der Waals surface area contributed by atoms with E-state index in [9.17, 15) is 9.90 Å². The maximum Gasteiger partial charge on any atom is 0.313 e. The number of benzene rings is 4. The molecule has 5 nitrogen and oxygen atoms in total. The molecule has 4 rings (SSSR count). The third-order valence-electron chi connectivity index (χ3n) is 10.2. The fraction of sp³-hybridized carbons (Fsp3) is 0.479. The highest BCUT2D eigenvalue weighted by Gasteiger charge is 2.24. The number of esters is 1. The van der Waals surface area contributed by atoms with E-state index in [1.807, 2.05) is 50.2 Å². The van der Waals surface area contributed by atoms with Gasteiger partial charge in [-0.05, 0) is 118 Å². The van der Waals surface area contributed by atoms with Crippen molar-refractivity contribution in [1.82, 2.24) is 9.80 Å². The van der Waals surface area contributed by atoms with Crippen LogP contribution in [0.3, 0.4) is 0 Å². The van der Waals surface area contributed by atoms with Crippen LogP contribution in [0.5, 0.6) is 11.5 Å². The lowest BCUT2D eigenvalue weighted by atomic mass is 9.86. The number of phenolic OH excluding ortho intramolecular Hbond substituents is 1. The van der Waals surface area contributed by atoms with Gasteiger partial charge in [-0.3, -0.25) is 14.6 Å². The molecule has 0 aromatic heterocycles. The van der Waals surface area contributed by atoms with E-state index in [-0.39, 0.29) is 23.7 Å². The molecule has 5 heteroatoms. The van der Waals surface area contributed by atoms with Gasteiger partial charge in [0.2, 0.25) is 0 Å². The first kappa shape index (κ1) is 43.5. The van der Waals surface area contributed by atoms with E-state index in [4.69, 9.17) is 4.74 Å². The van der Waals surface area contributed by atoms with Gasteiger partial charge in [-0.1, -0.05) is 110 Å². The molecule has 0 unspecified atom stereocenters. The minimum Gasteiger partial charge on any atom is -0.508 e. The van der Waals surface area contributed by atoms with Crippen LogP contribution < -0.4 is 4.74 Å². The van der Waals surface area contributed by atoms with Crippen molar-refractivity contribution in [2.45, 2.75) is 132 Å². The summed E-state index contributed by atoms with van der Waals surface area (Å²) in [6.45, 7) is 27.9. The number of carbonyl (C=O) groups excluding carboxylic acids is 1. The molecule has 288 valence electrons. The van der Waals surface area contributed by atoms with Crippen LogP contribution in [0.2, 0.25) is 0 Å². The van der Waals surface area contributed by atoms with Gasteiger partial charge >= 0.3 is 5.97 Å². The van der Waals surface area contributed by atoms with E-state index in [1.54, 1.807) is 0 Å². The molecule has 0 aliphatic heterocycles. The molecule has 0 spiro atoms. The molecule has 0 saturated heterocycles. The number of aromatic hydroxyl groups is 1. The molecule has 0 saturated carbocycles. The van der Waals surface area contributed by atoms with Crippen LogP contribution in [-0.4, -0.2) is 58.1 Å². The number of hydrogen-bond donors (Lipinski definition) is 1. The Morgan fingerprint density at radius 3 is 1.38 bits per heavy atom. The zero-order chi connectivity index (χ0) is 39.2. The molecule has 4 aromatic rings. The number of hydrogen-bond acceptors (Lipinski definition) is 5. The second kappa shape index (κ2) is 21.1. The molecule has 2 atom stereocenters. The SMILES string of the molecule is Cc1ccc(O)c([C@H](CCN(C(C)C)C(C)C)c2ccccc2)c1.Cc1ccc(OC(=O)C(C)C)c([C@H](CCN(C(C)C)C(C)C)c2ccccc2)c1. The maximum absolute atomic E-state index is 12.3. The number of aryl methyl sites for hydroxylation is 2. The quantitative estimate of drug-likeness (QED) is 0.0922. The van der Waals surface area contributed by atoms with Crippen molar-refractivity contribution in [1.29, 1.82) is 0 Å². The zero-order valence-electron chi connectivity index (χ0n) is 34.8. The van der Waals surface area contributed by atoms with Crippen molar-refractivity contribution >= 4 is 5.97 Å². The summed E-state index contributed by atoms with van der Waals surface area (Å²) >= 11 is 0. The van der Waals surface area contributed by atoms with Crippen molar-refractivity contribution < 1.29 is 14.6 Å². The van der Waals surface area contributed by atoms with Gasteiger partial charge in [0, 0.05) is 47.1 Å². The topological polar surface area (TPSA) is 53.0 Å². The largest absolute Gasteiger partial charge is 0.508 e. The van der Waals surface area contributed by atoms with E-state index in [2.05, 4.69) is 140 Å². The molecule has 0 aliphatic rings. The number of rotatable bonds is 16. The molecule has 0 amide bonds. The van der Waals surface area contributed by atoms with Crippen LogP contribution in [0.4, 0.5) is 0 Å². The second-order valence-corrected chi connectivity index (χ2v) is 16.0. The van der Waals surface area contributed by atoms with Crippen LogP contribution in [0.1, 0.15) is 127 Å². The van der Waals surface area contributed by atoms with Crippen LogP contribution in [0.25, 0.3) is 0 Å². The molecule has 4 aromatic carbocycles. The van der Waals surface area contributed by atoms with Gasteiger partial charge in [0.1, 0.15) is 11.5 Å². The summed E-state index contributed by atoms with van der Waals surface area (Å²) in [6, 6.07) is 35.2. The van der Waals surface area contributed by atoms with E-state index >= 15 is 0 Å². The Kier molecular flexibility index (Phi) is 17.3. The molecule has 53 heavy (non-hydrogen) atoms. The number of ether oxygens (including phenoxy) is 1. The highest BCUT2D eigenvalue weighted by atomic mass is 16.5. The molecule has 0 fully saturated rings. The number of nitrogens with zero attached hydrogens (tertiary/aromatic N) is 2. The monoisotopic (exact) mass is 721 g/mol. The Morgan fingerprint density at radius 2 is 0.962 bits per heavy atom. The Morgan fingerprint density at radius 1 is 0.566 bits per heavy atom. The van der Waals surface area contributed by atoms with Gasteiger partial charge in [-0.25, -0.2) is 0 Å². The number of phenols is 1. The van der Waals surface area contributed by atoms with Gasteiger partial charge in [-0.2, -0.15) is 0 Å². The summed E-state index contributed by atoms with van der Waals surface area (Å²) in [5, 5.41) is 10.4. The van der Waals surface area contributed by atoms with Gasteiger partial charge < -0.3 is 9.84 Å². The summed E-state index contributed by atoms with van der Waals surface area (Å²) in [6.07, 6.45) is 1.97. The van der Waals surface area contributed by atoms with E-state index in [0.29, 0.717) is 35.7 Å². The predicted octanol–water partition coefficient (Wildman–Crippen LogP) is 11.5. The van der Waals surface area contributed by atoms with Crippen molar-refractivity contribution in [3.63, 3.8) is 0 Å². The lowest BCUT2D eigenvalue weighted by Gasteiger charge is -2.32. The summed E-state index contributed by atoms with van der Waals surface area (Å²) in [7, 11) is 0. The Balaban J connectivity index is 0.000000290. The lowest BCUT2D eigenvalue weighted by molar-refractivity contribution is -0.137. The second-order valence-electron chi connectivity index (χ2n) is 16.0. The first-order valence-corrected chi connectivity index (χ1v) is 19.8. The highest BCUT2D eigenvalue weighted by molar-refractivity contribution is 5.75. The summed E-state index contributed by atoms with van der Waals surface area (Å²) in [4.78, 5) is 17.4. The van der Waals surface area contributed by atoms with Gasteiger partial charge in [-0.15, -0.1) is 0 Å². The summed E-state index contributed by atoms with van der Waals surface area (Å²) in [5.74, 6) is 1.13. The van der Waals surface area contributed by atoms with E-state index in [1.165, 1.54) is 22.3 Å². The van der Waals surface area contributed by atoms with Crippen molar-refractivity contribution in [2.75, 3.05) is 13.1 Å². The van der Waals surface area contributed by atoms with Gasteiger partial charge in [0.25, 0.3) is 0 Å². The van der Waals surface area contributed by atoms with Gasteiger partial charge in [0.15, 0.2) is 0 Å². The fourth-order valence-electron chi connectivity index (χ4n) is 7.37. The standard InChI is InChI=1S/C26H37NO2.C22H31NO/c1-18(2)26(28)29-25-14-13-21(7)17-24(25)23(22-11-9-8-10-12-22)15-16-27(19(3)4)20(5)6;1-16(2)23(17(3)4)14-13-20(19-9-7-6-8-10-19)21-15-18(5)11-12-22(21)24/h8-14,17-20,23H,15-16H2,1-7H3;6-12,15-17,20,24H,13-14H2,1-5H3/t23-;20-/m11/s1. The van der Waals surface area contributed by atoms with Crippen molar-refractivity contribution in [2.24, 2.45) is 5.92 Å². The molecular formula is C48H68N2O3. The fourth-order valence-corrected chi connectivity index (χ4v) is 7.37. The minimum atomic E-state index is -0.187. The Labute approximate surface area is 322 Å². The molecule has 1 N–H and O–H groups in total. The first-order chi connectivity index (χ1) is 25.1. The van der Waals surface area contributed by atoms with Crippen molar-refractivity contribution in [3.8, 4) is 11.5 Å². The normalized spacial score (nSPS) is 12.9. The number of carbonyl (C=O) groups is 1. The third-order valence-corrected chi connectivity index (χ3v) is 10.2. The molecule has 0 bridgehead atoms.